The van der Waals surface area contributed by atoms with Crippen molar-refractivity contribution in [2.24, 2.45) is 10.2 Å². The van der Waals surface area contributed by atoms with Crippen LogP contribution in [0.15, 0.2) is 37.8 Å². The van der Waals surface area contributed by atoms with Crippen LogP contribution in [0.4, 0.5) is 0 Å². The maximum absolute atomic E-state index is 11.8. The Morgan fingerprint density at radius 3 is 2.73 bits per heavy atom. The molecule has 0 radical (unpaired) electrons. The van der Waals surface area contributed by atoms with Crippen molar-refractivity contribution in [2.45, 2.75) is 6.92 Å². The number of halogens is 1. The predicted octanol–water partition coefficient (Wildman–Crippen LogP) is 2.01. The summed E-state index contributed by atoms with van der Waals surface area (Å²) in [5, 5.41) is 10.5. The Kier molecular flexibility index (Phi) is 8.87. The second-order valence-electron chi connectivity index (χ2n) is 5.37. The largest absolute Gasteiger partial charge is 0.493 e. The topological polar surface area (TPSA) is 125 Å². The van der Waals surface area contributed by atoms with Crippen molar-refractivity contribution in [2.75, 3.05) is 27.4 Å². The molecule has 1 amide bonds. The lowest BCUT2D eigenvalue weighted by Crippen LogP contribution is -2.19. The number of methoxy groups -OCH3 is 2. The summed E-state index contributed by atoms with van der Waals surface area (Å²) in [6.45, 7) is 1.71. The highest BCUT2D eigenvalue weighted by Gasteiger charge is 2.25. The van der Waals surface area contributed by atoms with Gasteiger partial charge in [0.2, 0.25) is 0 Å². The molecule has 1 aromatic carbocycles. The van der Waals surface area contributed by atoms with Crippen molar-refractivity contribution in [1.29, 1.82) is 0 Å². The Morgan fingerprint density at radius 2 is 2.07 bits per heavy atom. The number of carbonyl (C=O) groups excluding carboxylic acids is 3. The van der Waals surface area contributed by atoms with E-state index in [4.69, 9.17) is 14.2 Å². The molecule has 2 rings (SSSR count). The smallest absolute Gasteiger partial charge is 0.344 e. The molecule has 30 heavy (non-hydrogen) atoms. The molecule has 1 N–H and O–H groups in total. The van der Waals surface area contributed by atoms with Crippen LogP contribution >= 0.6 is 27.7 Å². The fraction of sp³-hybridized carbons (Fsp3) is 0.278. The van der Waals surface area contributed by atoms with Crippen molar-refractivity contribution >= 4 is 56.9 Å². The van der Waals surface area contributed by atoms with Crippen molar-refractivity contribution < 1.29 is 33.3 Å². The number of nitrogens with zero attached hydrogens (tertiary/aromatic N) is 2. The van der Waals surface area contributed by atoms with Crippen LogP contribution < -0.4 is 14.8 Å². The first kappa shape index (κ1) is 23.4. The number of thioether (sulfide) groups is 1. The summed E-state index contributed by atoms with van der Waals surface area (Å²) in [5.41, 5.74) is 0.617. The third-order valence-corrected chi connectivity index (χ3v) is 4.84. The van der Waals surface area contributed by atoms with Gasteiger partial charge < -0.3 is 18.9 Å². The summed E-state index contributed by atoms with van der Waals surface area (Å²) in [5.74, 6) is -0.893. The van der Waals surface area contributed by atoms with Gasteiger partial charge >= 0.3 is 11.9 Å². The third-order valence-electron chi connectivity index (χ3n) is 3.35. The molecule has 1 heterocycles. The predicted molar refractivity (Wildman–Crippen MR) is 114 cm³/mol. The molecule has 10 nitrogen and oxygen atoms in total. The molecule has 0 unspecified atom stereocenters. The lowest BCUT2D eigenvalue weighted by molar-refractivity contribution is -0.145. The molecule has 0 aliphatic carbocycles. The van der Waals surface area contributed by atoms with E-state index in [0.717, 1.165) is 17.8 Å². The average molecular weight is 500 g/mol. The number of esters is 2. The van der Waals surface area contributed by atoms with E-state index in [0.29, 0.717) is 21.5 Å². The number of rotatable bonds is 8. The Balaban J connectivity index is 2.10. The summed E-state index contributed by atoms with van der Waals surface area (Å²) in [4.78, 5) is 34.7. The molecule has 0 aromatic heterocycles. The molecule has 1 saturated heterocycles. The fourth-order valence-corrected chi connectivity index (χ4v) is 3.39. The van der Waals surface area contributed by atoms with Crippen molar-refractivity contribution in [3.8, 4) is 11.5 Å². The minimum Gasteiger partial charge on any atom is -0.493 e. The van der Waals surface area contributed by atoms with Crippen LogP contribution in [0.1, 0.15) is 12.5 Å². The van der Waals surface area contributed by atoms with E-state index in [1.807, 2.05) is 0 Å². The molecule has 1 aliphatic heterocycles. The van der Waals surface area contributed by atoms with Crippen LogP contribution in [0.5, 0.6) is 11.5 Å². The normalized spacial score (nSPS) is 16.1. The van der Waals surface area contributed by atoms with Gasteiger partial charge in [-0.15, -0.1) is 5.10 Å². The zero-order valence-electron chi connectivity index (χ0n) is 16.3. The summed E-state index contributed by atoms with van der Waals surface area (Å²) in [6, 6.07) is 3.33. The van der Waals surface area contributed by atoms with Crippen LogP contribution in [0, 0.1) is 0 Å². The Labute approximate surface area is 184 Å². The van der Waals surface area contributed by atoms with Gasteiger partial charge in [-0.25, -0.2) is 9.59 Å². The number of benzene rings is 1. The maximum Gasteiger partial charge on any atom is 0.344 e. The molecule has 0 spiro atoms. The molecular weight excluding hydrogens is 482 g/mol. The standard InChI is InChI=1S/C18H18BrN3O7S/c1-4-28-15(24)9-29-16-11(19)5-10(6-12(16)26-2)8-20-22-18-21-17(25)13(30-18)7-14(23)27-3/h5-8H,4,9H2,1-3H3,(H,21,22,25)/b13-7+,20-8?. The summed E-state index contributed by atoms with van der Waals surface area (Å²) >= 11 is 4.33. The van der Waals surface area contributed by atoms with Crippen LogP contribution in [0.3, 0.4) is 0 Å². The number of amides is 1. The third kappa shape index (κ3) is 6.59. The van der Waals surface area contributed by atoms with Crippen LogP contribution in [0.2, 0.25) is 0 Å². The van der Waals surface area contributed by atoms with Crippen LogP contribution in [-0.2, 0) is 23.9 Å². The number of amidine groups is 1. The number of hydrogen-bond donors (Lipinski definition) is 1. The lowest BCUT2D eigenvalue weighted by Gasteiger charge is -2.12. The molecule has 1 aliphatic rings. The van der Waals surface area contributed by atoms with Crippen molar-refractivity contribution in [1.82, 2.24) is 5.32 Å². The number of nitrogens with one attached hydrogen (secondary N) is 1. The molecule has 160 valence electrons. The first-order valence-electron chi connectivity index (χ1n) is 8.43. The van der Waals surface area contributed by atoms with Gasteiger partial charge in [-0.2, -0.15) is 5.10 Å². The molecule has 0 saturated carbocycles. The van der Waals surface area contributed by atoms with E-state index in [1.54, 1.807) is 19.1 Å². The van der Waals surface area contributed by atoms with E-state index in [2.05, 4.69) is 36.2 Å². The van der Waals surface area contributed by atoms with Crippen LogP contribution in [-0.4, -0.2) is 56.7 Å². The zero-order chi connectivity index (χ0) is 22.1. The van der Waals surface area contributed by atoms with Gasteiger partial charge in [-0.1, -0.05) is 0 Å². The van der Waals surface area contributed by atoms with Crippen LogP contribution in [0.25, 0.3) is 0 Å². The SMILES string of the molecule is CCOC(=O)COc1c(Br)cc(C=N/N=C2/NC(=O)/C(=C\C(=O)OC)S2)cc1OC. The summed E-state index contributed by atoms with van der Waals surface area (Å²) in [6.07, 6.45) is 2.51. The minimum atomic E-state index is -0.639. The zero-order valence-corrected chi connectivity index (χ0v) is 18.7. The van der Waals surface area contributed by atoms with Crippen molar-refractivity contribution in [3.63, 3.8) is 0 Å². The van der Waals surface area contributed by atoms with E-state index >= 15 is 0 Å². The first-order valence-corrected chi connectivity index (χ1v) is 10.0. The first-order chi connectivity index (χ1) is 14.4. The van der Waals surface area contributed by atoms with E-state index in [-0.39, 0.29) is 23.3 Å². The second-order valence-corrected chi connectivity index (χ2v) is 7.25. The lowest BCUT2D eigenvalue weighted by atomic mass is 10.2. The average Bonchev–Trinajstić information content (AvgIpc) is 3.05. The minimum absolute atomic E-state index is 0.156. The number of hydrogen-bond acceptors (Lipinski definition) is 10. The number of carbonyl (C=O) groups is 3. The second kappa shape index (κ2) is 11.4. The molecule has 0 atom stereocenters. The van der Waals surface area contributed by atoms with Gasteiger partial charge in [-0.05, 0) is 52.3 Å². The Hall–Kier alpha value is -2.86. The van der Waals surface area contributed by atoms with Gasteiger partial charge in [0.15, 0.2) is 23.3 Å². The number of ether oxygens (including phenoxy) is 4. The van der Waals surface area contributed by atoms with E-state index < -0.39 is 17.8 Å². The van der Waals surface area contributed by atoms with Gasteiger partial charge in [-0.3, -0.25) is 10.1 Å². The molecular formula is C18H18BrN3O7S. The highest BCUT2D eigenvalue weighted by molar-refractivity contribution is 9.10. The van der Waals surface area contributed by atoms with Gasteiger partial charge in [0.25, 0.3) is 5.91 Å². The van der Waals surface area contributed by atoms with E-state index in [9.17, 15) is 14.4 Å². The van der Waals surface area contributed by atoms with Gasteiger partial charge in [0.1, 0.15) is 0 Å². The molecule has 0 bridgehead atoms. The fourth-order valence-electron chi connectivity index (χ4n) is 2.08. The van der Waals surface area contributed by atoms with Gasteiger partial charge in [0.05, 0.1) is 36.4 Å². The Morgan fingerprint density at radius 1 is 1.30 bits per heavy atom. The van der Waals surface area contributed by atoms with Crippen molar-refractivity contribution in [3.05, 3.63) is 33.2 Å². The molecule has 12 heteroatoms. The highest BCUT2D eigenvalue weighted by atomic mass is 79.9. The molecule has 1 aromatic rings. The van der Waals surface area contributed by atoms with E-state index in [1.165, 1.54) is 20.4 Å². The molecule has 1 fully saturated rings. The summed E-state index contributed by atoms with van der Waals surface area (Å²) in [7, 11) is 2.68. The van der Waals surface area contributed by atoms with Gasteiger partial charge in [0, 0.05) is 6.08 Å². The maximum atomic E-state index is 11.8. The Bertz CT molecular complexity index is 931. The summed E-state index contributed by atoms with van der Waals surface area (Å²) < 4.78 is 20.6. The monoisotopic (exact) mass is 499 g/mol. The highest BCUT2D eigenvalue weighted by Crippen LogP contribution is 2.36. The quantitative estimate of drug-likeness (QED) is 0.249.